The predicted octanol–water partition coefficient (Wildman–Crippen LogP) is 2.09. The van der Waals surface area contributed by atoms with E-state index in [1.165, 1.54) is 23.0 Å². The fraction of sp³-hybridized carbons (Fsp3) is 0.118. The molecule has 2 N–H and O–H groups in total. The van der Waals surface area contributed by atoms with Gasteiger partial charge in [-0.15, -0.1) is 0 Å². The zero-order valence-electron chi connectivity index (χ0n) is 13.9. The van der Waals surface area contributed by atoms with Crippen molar-refractivity contribution in [3.63, 3.8) is 0 Å². The molecule has 0 saturated heterocycles. The smallest absolute Gasteiger partial charge is 0.264 e. The van der Waals surface area contributed by atoms with Crippen LogP contribution < -0.4 is 10.0 Å². The maximum absolute atomic E-state index is 14.4. The highest BCUT2D eigenvalue weighted by Crippen LogP contribution is 2.29. The first-order valence-corrected chi connectivity index (χ1v) is 9.52. The molecule has 3 aromatic rings. The fourth-order valence-electron chi connectivity index (χ4n) is 2.78. The third-order valence-electron chi connectivity index (χ3n) is 4.08. The van der Waals surface area contributed by atoms with E-state index in [0.717, 1.165) is 6.07 Å². The predicted molar refractivity (Wildman–Crippen MR) is 95.5 cm³/mol. The molecule has 1 amide bonds. The van der Waals surface area contributed by atoms with Crippen molar-refractivity contribution in [2.75, 3.05) is 10.0 Å². The highest BCUT2D eigenvalue weighted by molar-refractivity contribution is 7.92. The lowest BCUT2D eigenvalue weighted by Crippen LogP contribution is -2.21. The molecule has 0 atom stereocenters. The molecule has 27 heavy (non-hydrogen) atoms. The summed E-state index contributed by atoms with van der Waals surface area (Å²) >= 11 is 0. The van der Waals surface area contributed by atoms with Crippen LogP contribution in [0.15, 0.2) is 53.8 Å². The number of anilines is 2. The number of benzene rings is 1. The molecule has 4 rings (SSSR count). The minimum Gasteiger partial charge on any atom is -0.326 e. The summed E-state index contributed by atoms with van der Waals surface area (Å²) in [5.41, 5.74) is 1.06. The van der Waals surface area contributed by atoms with Crippen LogP contribution in [0.3, 0.4) is 0 Å². The number of rotatable bonds is 4. The van der Waals surface area contributed by atoms with Crippen molar-refractivity contribution in [2.45, 2.75) is 17.7 Å². The van der Waals surface area contributed by atoms with Crippen LogP contribution in [0.5, 0.6) is 0 Å². The largest absolute Gasteiger partial charge is 0.326 e. The monoisotopic (exact) mass is 387 g/mol. The SMILES string of the molecule is O=C1CCc2cc(S(=O)(=O)Nc3ccc(-n4cccn4)nc3)c(F)cc2N1. The van der Waals surface area contributed by atoms with Crippen molar-refractivity contribution < 1.29 is 17.6 Å². The molecular formula is C17H14FN5O3S. The van der Waals surface area contributed by atoms with Gasteiger partial charge in [0.05, 0.1) is 11.9 Å². The third kappa shape index (κ3) is 3.38. The van der Waals surface area contributed by atoms with E-state index in [1.807, 2.05) is 0 Å². The van der Waals surface area contributed by atoms with Crippen LogP contribution in [-0.2, 0) is 21.2 Å². The Morgan fingerprint density at radius 3 is 2.78 bits per heavy atom. The van der Waals surface area contributed by atoms with Crippen molar-refractivity contribution in [1.29, 1.82) is 0 Å². The van der Waals surface area contributed by atoms with E-state index in [0.29, 0.717) is 23.5 Å². The molecule has 0 spiro atoms. The Morgan fingerprint density at radius 2 is 2.07 bits per heavy atom. The van der Waals surface area contributed by atoms with Gasteiger partial charge in [-0.1, -0.05) is 0 Å². The lowest BCUT2D eigenvalue weighted by atomic mass is 10.0. The molecule has 0 radical (unpaired) electrons. The number of carbonyl (C=O) groups is 1. The highest BCUT2D eigenvalue weighted by atomic mass is 32.2. The third-order valence-corrected chi connectivity index (χ3v) is 5.48. The molecular weight excluding hydrogens is 373 g/mol. The molecule has 0 bridgehead atoms. The fourth-order valence-corrected chi connectivity index (χ4v) is 3.94. The van der Waals surface area contributed by atoms with Crippen LogP contribution in [0.4, 0.5) is 15.8 Å². The molecule has 2 aromatic heterocycles. The van der Waals surface area contributed by atoms with Gasteiger partial charge in [0.25, 0.3) is 10.0 Å². The van der Waals surface area contributed by atoms with Gasteiger partial charge < -0.3 is 5.32 Å². The summed E-state index contributed by atoms with van der Waals surface area (Å²) in [6.45, 7) is 0. The second-order valence-electron chi connectivity index (χ2n) is 5.95. The van der Waals surface area contributed by atoms with E-state index < -0.39 is 20.7 Å². The van der Waals surface area contributed by atoms with Crippen LogP contribution in [0, 0.1) is 5.82 Å². The van der Waals surface area contributed by atoms with E-state index in [4.69, 9.17) is 0 Å². The standard InChI is InChI=1S/C17H14FN5O3S/c18-13-9-14-11(2-5-17(24)21-14)8-15(13)27(25,26)22-12-3-4-16(19-10-12)23-7-1-6-20-23/h1,3-4,6-10,22H,2,5H2,(H,21,24). The van der Waals surface area contributed by atoms with E-state index >= 15 is 0 Å². The van der Waals surface area contributed by atoms with E-state index in [9.17, 15) is 17.6 Å². The number of carbonyl (C=O) groups excluding carboxylic acids is 1. The normalized spacial score (nSPS) is 13.7. The highest BCUT2D eigenvalue weighted by Gasteiger charge is 2.24. The summed E-state index contributed by atoms with van der Waals surface area (Å²) in [5.74, 6) is -0.651. The van der Waals surface area contributed by atoms with Gasteiger partial charge in [0.1, 0.15) is 10.7 Å². The number of aromatic nitrogens is 3. The summed E-state index contributed by atoms with van der Waals surface area (Å²) in [6.07, 6.45) is 5.20. The molecule has 0 saturated carbocycles. The molecule has 138 valence electrons. The molecule has 10 heteroatoms. The van der Waals surface area contributed by atoms with Gasteiger partial charge in [0.15, 0.2) is 5.82 Å². The number of hydrogen-bond donors (Lipinski definition) is 2. The van der Waals surface area contributed by atoms with Gasteiger partial charge in [-0.3, -0.25) is 9.52 Å². The lowest BCUT2D eigenvalue weighted by Gasteiger charge is -2.18. The molecule has 1 aromatic carbocycles. The zero-order chi connectivity index (χ0) is 19.0. The summed E-state index contributed by atoms with van der Waals surface area (Å²) in [5, 5.41) is 6.57. The molecule has 8 nitrogen and oxygen atoms in total. The maximum atomic E-state index is 14.4. The molecule has 0 aliphatic carbocycles. The van der Waals surface area contributed by atoms with E-state index in [-0.39, 0.29) is 18.0 Å². The second-order valence-corrected chi connectivity index (χ2v) is 7.60. The Labute approximate surface area is 154 Å². The van der Waals surface area contributed by atoms with Crippen molar-refractivity contribution in [3.05, 3.63) is 60.3 Å². The number of hydrogen-bond acceptors (Lipinski definition) is 5. The van der Waals surface area contributed by atoms with Gasteiger partial charge in [-0.25, -0.2) is 22.5 Å². The number of sulfonamides is 1. The number of fused-ring (bicyclic) bond motifs is 1. The van der Waals surface area contributed by atoms with Crippen LogP contribution in [0.1, 0.15) is 12.0 Å². The van der Waals surface area contributed by atoms with Crippen LogP contribution in [0.2, 0.25) is 0 Å². The van der Waals surface area contributed by atoms with Gasteiger partial charge in [-0.2, -0.15) is 5.10 Å². The summed E-state index contributed by atoms with van der Waals surface area (Å²) in [7, 11) is -4.16. The minimum absolute atomic E-state index is 0.191. The van der Waals surface area contributed by atoms with Gasteiger partial charge >= 0.3 is 0 Å². The Hall–Kier alpha value is -3.27. The zero-order valence-corrected chi connectivity index (χ0v) is 14.7. The summed E-state index contributed by atoms with van der Waals surface area (Å²) < 4.78 is 43.4. The number of amides is 1. The Bertz CT molecular complexity index is 1110. The van der Waals surface area contributed by atoms with Crippen molar-refractivity contribution in [1.82, 2.24) is 14.8 Å². The first-order valence-electron chi connectivity index (χ1n) is 8.03. The van der Waals surface area contributed by atoms with Crippen molar-refractivity contribution in [3.8, 4) is 5.82 Å². The van der Waals surface area contributed by atoms with Crippen LogP contribution >= 0.6 is 0 Å². The Balaban J connectivity index is 1.61. The first-order chi connectivity index (χ1) is 12.9. The van der Waals surface area contributed by atoms with Gasteiger partial charge in [-0.05, 0) is 42.3 Å². The number of nitrogens with one attached hydrogen (secondary N) is 2. The van der Waals surface area contributed by atoms with E-state index in [2.05, 4.69) is 20.1 Å². The quantitative estimate of drug-likeness (QED) is 0.713. The maximum Gasteiger partial charge on any atom is 0.264 e. The molecule has 0 fully saturated rings. The summed E-state index contributed by atoms with van der Waals surface area (Å²) in [6, 6.07) is 7.11. The average Bonchev–Trinajstić information content (AvgIpc) is 3.16. The molecule has 3 heterocycles. The molecule has 0 unspecified atom stereocenters. The van der Waals surface area contributed by atoms with E-state index in [1.54, 1.807) is 24.5 Å². The van der Waals surface area contributed by atoms with Gasteiger partial charge in [0, 0.05) is 24.5 Å². The minimum atomic E-state index is -4.16. The average molecular weight is 387 g/mol. The van der Waals surface area contributed by atoms with Crippen LogP contribution in [-0.4, -0.2) is 29.1 Å². The van der Waals surface area contributed by atoms with Crippen LogP contribution in [0.25, 0.3) is 5.82 Å². The Kier molecular flexibility index (Phi) is 4.11. The first kappa shape index (κ1) is 17.2. The second kappa shape index (κ2) is 6.47. The number of pyridine rings is 1. The lowest BCUT2D eigenvalue weighted by molar-refractivity contribution is -0.116. The molecule has 1 aliphatic rings. The topological polar surface area (TPSA) is 106 Å². The number of nitrogens with zero attached hydrogens (tertiary/aromatic N) is 3. The number of halogens is 1. The number of aryl methyl sites for hydroxylation is 1. The van der Waals surface area contributed by atoms with Crippen molar-refractivity contribution >= 4 is 27.3 Å². The summed E-state index contributed by atoms with van der Waals surface area (Å²) in [4.78, 5) is 15.0. The van der Waals surface area contributed by atoms with Crippen molar-refractivity contribution in [2.24, 2.45) is 0 Å². The van der Waals surface area contributed by atoms with Gasteiger partial charge in [0.2, 0.25) is 5.91 Å². The molecule has 1 aliphatic heterocycles. The Morgan fingerprint density at radius 1 is 1.22 bits per heavy atom.